The van der Waals surface area contributed by atoms with Crippen LogP contribution < -0.4 is 20.1 Å². The maximum atomic E-state index is 12.4. The molecule has 1 aromatic heterocycles. The Morgan fingerprint density at radius 1 is 1.04 bits per heavy atom. The van der Waals surface area contributed by atoms with Crippen molar-refractivity contribution in [2.75, 3.05) is 17.4 Å². The van der Waals surface area contributed by atoms with E-state index in [0.717, 1.165) is 22.7 Å². The second-order valence-corrected chi connectivity index (χ2v) is 6.47. The first-order valence-electron chi connectivity index (χ1n) is 8.29. The van der Waals surface area contributed by atoms with Crippen molar-refractivity contribution in [3.63, 3.8) is 0 Å². The molecule has 2 aromatic carbocycles. The van der Waals surface area contributed by atoms with E-state index in [9.17, 15) is 4.79 Å². The Kier molecular flexibility index (Phi) is 4.56. The number of carbonyl (C=O) groups is 1. The molecule has 3 aromatic rings. The van der Waals surface area contributed by atoms with Gasteiger partial charge in [0.2, 0.25) is 6.79 Å². The second kappa shape index (κ2) is 7.17. The third-order valence-electron chi connectivity index (χ3n) is 4.11. The molecule has 0 aliphatic carbocycles. The van der Waals surface area contributed by atoms with Crippen LogP contribution in [0.3, 0.4) is 0 Å². The number of pyridine rings is 1. The van der Waals surface area contributed by atoms with Gasteiger partial charge in [-0.3, -0.25) is 4.79 Å². The number of nitrogens with zero attached hydrogens (tertiary/aromatic N) is 1. The molecule has 0 fully saturated rings. The van der Waals surface area contributed by atoms with Gasteiger partial charge in [0.25, 0.3) is 5.91 Å². The van der Waals surface area contributed by atoms with Crippen LogP contribution in [0.4, 0.5) is 17.1 Å². The fourth-order valence-corrected chi connectivity index (χ4v) is 2.83. The van der Waals surface area contributed by atoms with Crippen molar-refractivity contribution in [3.05, 3.63) is 71.0 Å². The van der Waals surface area contributed by atoms with Gasteiger partial charge in [-0.05, 0) is 48.9 Å². The molecule has 0 radical (unpaired) electrons. The van der Waals surface area contributed by atoms with E-state index < -0.39 is 0 Å². The first-order valence-corrected chi connectivity index (χ1v) is 8.66. The molecule has 2 heterocycles. The number of rotatable bonds is 4. The number of carbonyl (C=O) groups excluding carboxylic acids is 1. The molecule has 4 rings (SSSR count). The van der Waals surface area contributed by atoms with Gasteiger partial charge in [0, 0.05) is 22.5 Å². The molecule has 0 unspecified atom stereocenters. The summed E-state index contributed by atoms with van der Waals surface area (Å²) in [5.41, 5.74) is 3.49. The van der Waals surface area contributed by atoms with Crippen LogP contribution in [0.15, 0.2) is 54.7 Å². The molecule has 1 amide bonds. The number of nitrogens with one attached hydrogen (secondary N) is 2. The lowest BCUT2D eigenvalue weighted by molar-refractivity contribution is 0.102. The summed E-state index contributed by atoms with van der Waals surface area (Å²) >= 11 is 5.99. The van der Waals surface area contributed by atoms with Crippen molar-refractivity contribution < 1.29 is 14.3 Å². The summed E-state index contributed by atoms with van der Waals surface area (Å²) in [7, 11) is 0. The summed E-state index contributed by atoms with van der Waals surface area (Å²) in [5.74, 6) is 1.12. The molecule has 7 heteroatoms. The van der Waals surface area contributed by atoms with Gasteiger partial charge >= 0.3 is 0 Å². The summed E-state index contributed by atoms with van der Waals surface area (Å²) in [6.45, 7) is 2.13. The number of aryl methyl sites for hydroxylation is 1. The lowest BCUT2D eigenvalue weighted by atomic mass is 10.2. The average Bonchev–Trinajstić information content (AvgIpc) is 3.13. The van der Waals surface area contributed by atoms with Gasteiger partial charge in [-0.15, -0.1) is 0 Å². The van der Waals surface area contributed by atoms with Crippen molar-refractivity contribution in [2.24, 2.45) is 0 Å². The van der Waals surface area contributed by atoms with Crippen LogP contribution in [0.5, 0.6) is 11.5 Å². The van der Waals surface area contributed by atoms with E-state index in [1.807, 2.05) is 31.2 Å². The third kappa shape index (κ3) is 3.80. The first kappa shape index (κ1) is 17.2. The Hall–Kier alpha value is -3.25. The topological polar surface area (TPSA) is 72.5 Å². The summed E-state index contributed by atoms with van der Waals surface area (Å²) < 4.78 is 10.7. The van der Waals surface area contributed by atoms with Gasteiger partial charge < -0.3 is 20.1 Å². The highest BCUT2D eigenvalue weighted by Gasteiger charge is 2.14. The van der Waals surface area contributed by atoms with Gasteiger partial charge in [0.1, 0.15) is 5.69 Å². The van der Waals surface area contributed by atoms with Crippen LogP contribution in [0.2, 0.25) is 5.02 Å². The number of fused-ring (bicyclic) bond motifs is 1. The molecule has 0 atom stereocenters. The predicted molar refractivity (Wildman–Crippen MR) is 104 cm³/mol. The number of hydrogen-bond donors (Lipinski definition) is 2. The van der Waals surface area contributed by atoms with Crippen LogP contribution in [-0.4, -0.2) is 17.7 Å². The van der Waals surface area contributed by atoms with Crippen molar-refractivity contribution in [1.29, 1.82) is 0 Å². The van der Waals surface area contributed by atoms with E-state index in [4.69, 9.17) is 21.1 Å². The van der Waals surface area contributed by atoms with Gasteiger partial charge in [-0.1, -0.05) is 17.7 Å². The molecule has 0 saturated carbocycles. The molecule has 0 saturated heterocycles. The van der Waals surface area contributed by atoms with Crippen molar-refractivity contribution in [2.45, 2.75) is 6.92 Å². The first-order chi connectivity index (χ1) is 13.1. The summed E-state index contributed by atoms with van der Waals surface area (Å²) in [4.78, 5) is 16.6. The molecular formula is C20H16ClN3O3. The smallest absolute Gasteiger partial charge is 0.274 e. The fourth-order valence-electron chi connectivity index (χ4n) is 2.66. The van der Waals surface area contributed by atoms with Gasteiger partial charge in [-0.25, -0.2) is 4.98 Å². The molecule has 6 nitrogen and oxygen atoms in total. The maximum Gasteiger partial charge on any atom is 0.274 e. The molecular weight excluding hydrogens is 366 g/mol. The fraction of sp³-hybridized carbons (Fsp3) is 0.100. The van der Waals surface area contributed by atoms with E-state index >= 15 is 0 Å². The van der Waals surface area contributed by atoms with Crippen molar-refractivity contribution >= 4 is 34.6 Å². The monoisotopic (exact) mass is 381 g/mol. The molecule has 2 N–H and O–H groups in total. The number of hydrogen-bond acceptors (Lipinski definition) is 5. The normalized spacial score (nSPS) is 11.9. The second-order valence-electron chi connectivity index (χ2n) is 6.04. The largest absolute Gasteiger partial charge is 0.454 e. The molecule has 1 aliphatic rings. The Morgan fingerprint density at radius 3 is 2.67 bits per heavy atom. The van der Waals surface area contributed by atoms with Gasteiger partial charge in [-0.2, -0.15) is 0 Å². The quantitative estimate of drug-likeness (QED) is 0.681. The predicted octanol–water partition coefficient (Wildman–Crippen LogP) is 4.77. The molecule has 1 aliphatic heterocycles. The van der Waals surface area contributed by atoms with Crippen molar-refractivity contribution in [1.82, 2.24) is 4.98 Å². The van der Waals surface area contributed by atoms with E-state index in [0.29, 0.717) is 22.2 Å². The van der Waals surface area contributed by atoms with Crippen LogP contribution >= 0.6 is 11.6 Å². The molecule has 27 heavy (non-hydrogen) atoms. The Balaban J connectivity index is 1.45. The van der Waals surface area contributed by atoms with Crippen LogP contribution in [0.1, 0.15) is 16.1 Å². The number of benzene rings is 2. The Bertz CT molecular complexity index is 1010. The van der Waals surface area contributed by atoms with E-state index in [1.165, 1.54) is 0 Å². The van der Waals surface area contributed by atoms with E-state index in [2.05, 4.69) is 15.6 Å². The summed E-state index contributed by atoms with van der Waals surface area (Å²) in [5, 5.41) is 6.61. The zero-order valence-corrected chi connectivity index (χ0v) is 15.2. The Labute approximate surface area is 161 Å². The zero-order valence-electron chi connectivity index (χ0n) is 14.5. The van der Waals surface area contributed by atoms with E-state index in [-0.39, 0.29) is 12.7 Å². The average molecular weight is 382 g/mol. The number of aromatic nitrogens is 1. The molecule has 136 valence electrons. The lowest BCUT2D eigenvalue weighted by Gasteiger charge is -2.10. The molecule has 0 bridgehead atoms. The maximum absolute atomic E-state index is 12.4. The van der Waals surface area contributed by atoms with Gasteiger partial charge in [0.15, 0.2) is 11.5 Å². The summed E-state index contributed by atoms with van der Waals surface area (Å²) in [6, 6.07) is 14.4. The standard InChI is InChI=1S/C20H16ClN3O3/c1-12-2-3-13(21)8-17(12)24-20(25)16-6-4-15(10-22-16)23-14-5-7-18-19(9-14)27-11-26-18/h2-10,23H,11H2,1H3,(H,24,25). The minimum absolute atomic E-state index is 0.232. The Morgan fingerprint density at radius 2 is 1.85 bits per heavy atom. The summed E-state index contributed by atoms with van der Waals surface area (Å²) in [6.07, 6.45) is 1.60. The zero-order chi connectivity index (χ0) is 18.8. The highest BCUT2D eigenvalue weighted by Crippen LogP contribution is 2.35. The number of anilines is 3. The number of halogens is 1. The SMILES string of the molecule is Cc1ccc(Cl)cc1NC(=O)c1ccc(Nc2ccc3c(c2)OCO3)cn1. The third-order valence-corrected chi connectivity index (χ3v) is 4.34. The van der Waals surface area contributed by atoms with Crippen LogP contribution in [-0.2, 0) is 0 Å². The van der Waals surface area contributed by atoms with Crippen LogP contribution in [0.25, 0.3) is 0 Å². The van der Waals surface area contributed by atoms with Crippen LogP contribution in [0, 0.1) is 6.92 Å². The van der Waals surface area contributed by atoms with Crippen molar-refractivity contribution in [3.8, 4) is 11.5 Å². The highest BCUT2D eigenvalue weighted by atomic mass is 35.5. The highest BCUT2D eigenvalue weighted by molar-refractivity contribution is 6.31. The number of ether oxygens (including phenoxy) is 2. The van der Waals surface area contributed by atoms with Gasteiger partial charge in [0.05, 0.1) is 11.9 Å². The lowest BCUT2D eigenvalue weighted by Crippen LogP contribution is -2.14. The minimum Gasteiger partial charge on any atom is -0.454 e. The molecule has 0 spiro atoms. The minimum atomic E-state index is -0.296. The van der Waals surface area contributed by atoms with E-state index in [1.54, 1.807) is 30.5 Å². The number of amides is 1.